The molecule has 1 aromatic heterocycles. The summed E-state index contributed by atoms with van der Waals surface area (Å²) >= 11 is 0. The summed E-state index contributed by atoms with van der Waals surface area (Å²) in [6, 6.07) is 4.91. The summed E-state index contributed by atoms with van der Waals surface area (Å²) in [4.78, 5) is 13.5. The Hall–Kier alpha value is -2.31. The van der Waals surface area contributed by atoms with Crippen LogP contribution < -0.4 is 4.90 Å². The average Bonchev–Trinajstić information content (AvgIpc) is 2.84. The molecule has 0 radical (unpaired) electrons. The van der Waals surface area contributed by atoms with Crippen molar-refractivity contribution in [3.05, 3.63) is 47.1 Å². The zero-order valence-corrected chi connectivity index (χ0v) is 13.7. The molecule has 1 atom stereocenters. The average molecular weight is 340 g/mol. The van der Waals surface area contributed by atoms with Crippen molar-refractivity contribution in [1.82, 2.24) is 5.16 Å². The van der Waals surface area contributed by atoms with Crippen LogP contribution in [0, 0.1) is 19.7 Å². The third-order valence-electron chi connectivity index (χ3n) is 3.82. The molecule has 24 heavy (non-hydrogen) atoms. The number of nitrogens with zero attached hydrogens (tertiary/aromatic N) is 2. The van der Waals surface area contributed by atoms with Crippen LogP contribution in [0.2, 0.25) is 0 Å². The van der Waals surface area contributed by atoms with Crippen molar-refractivity contribution >= 4 is 11.6 Å². The Morgan fingerprint density at radius 3 is 2.38 bits per heavy atom. The number of aromatic nitrogens is 1. The maximum Gasteiger partial charge on any atom is 0.256 e. The molecule has 0 bridgehead atoms. The fraction of sp³-hybridized carbons (Fsp3) is 0.412. The number of amides is 1. The highest BCUT2D eigenvalue weighted by Gasteiger charge is 2.25. The number of aryl methyl sites for hydroxylation is 2. The first-order valence-electron chi connectivity index (χ1n) is 7.56. The Morgan fingerprint density at radius 2 is 1.88 bits per heavy atom. The van der Waals surface area contributed by atoms with Crippen LogP contribution in [0.4, 0.5) is 18.9 Å². The highest BCUT2D eigenvalue weighted by Crippen LogP contribution is 2.28. The molecular weight excluding hydrogens is 321 g/mol. The molecule has 0 aliphatic heterocycles. The molecule has 130 valence electrons. The third-order valence-corrected chi connectivity index (χ3v) is 3.82. The fourth-order valence-corrected chi connectivity index (χ4v) is 2.78. The van der Waals surface area contributed by atoms with Crippen LogP contribution in [0.5, 0.6) is 0 Å². The second-order valence-electron chi connectivity index (χ2n) is 5.71. The molecular formula is C17H19F3N2O2. The lowest BCUT2D eigenvalue weighted by Gasteiger charge is -2.24. The normalized spacial score (nSPS) is 12.5. The van der Waals surface area contributed by atoms with Crippen molar-refractivity contribution in [2.24, 2.45) is 0 Å². The van der Waals surface area contributed by atoms with E-state index in [1.807, 2.05) is 6.92 Å². The van der Waals surface area contributed by atoms with Crippen molar-refractivity contribution in [3.63, 3.8) is 0 Å². The number of carbonyl (C=O) groups is 1. The van der Waals surface area contributed by atoms with Gasteiger partial charge < -0.3 is 9.42 Å². The largest absolute Gasteiger partial charge is 0.361 e. The van der Waals surface area contributed by atoms with E-state index in [0.29, 0.717) is 11.5 Å². The minimum atomic E-state index is -2.69. The van der Waals surface area contributed by atoms with Gasteiger partial charge in [-0.25, -0.2) is 13.2 Å². The Bertz CT molecular complexity index is 679. The highest BCUT2D eigenvalue weighted by molar-refractivity contribution is 5.93. The highest BCUT2D eigenvalue weighted by atomic mass is 19.3. The molecule has 0 fully saturated rings. The van der Waals surface area contributed by atoms with Crippen LogP contribution in [0.1, 0.15) is 36.3 Å². The van der Waals surface area contributed by atoms with Gasteiger partial charge in [0.05, 0.1) is 12.2 Å². The van der Waals surface area contributed by atoms with Gasteiger partial charge in [-0.15, -0.1) is 0 Å². The number of carbonyl (C=O) groups excluding carboxylic acids is 1. The summed E-state index contributed by atoms with van der Waals surface area (Å²) in [5, 5.41) is 3.84. The van der Waals surface area contributed by atoms with Gasteiger partial charge in [-0.2, -0.15) is 0 Å². The fourth-order valence-electron chi connectivity index (χ4n) is 2.78. The van der Waals surface area contributed by atoms with Gasteiger partial charge in [0.2, 0.25) is 5.91 Å². The first kappa shape index (κ1) is 18.0. The molecule has 0 saturated carbocycles. The minimum absolute atomic E-state index is 0.0208. The summed E-state index contributed by atoms with van der Waals surface area (Å²) in [6.07, 6.45) is -2.67. The number of anilines is 1. The van der Waals surface area contributed by atoms with E-state index in [-0.39, 0.29) is 18.0 Å². The zero-order chi connectivity index (χ0) is 17.9. The number of benzene rings is 1. The van der Waals surface area contributed by atoms with Gasteiger partial charge in [0.15, 0.2) is 0 Å². The second-order valence-corrected chi connectivity index (χ2v) is 5.71. The second kappa shape index (κ2) is 7.51. The molecule has 0 N–H and O–H groups in total. The number of halogens is 3. The molecule has 0 saturated heterocycles. The number of alkyl halides is 2. The molecule has 1 aromatic carbocycles. The Morgan fingerprint density at radius 1 is 1.25 bits per heavy atom. The van der Waals surface area contributed by atoms with Gasteiger partial charge in [0, 0.05) is 17.7 Å². The Balaban J connectivity index is 2.20. The maximum absolute atomic E-state index is 13.0. The minimum Gasteiger partial charge on any atom is -0.361 e. The number of hydrogen-bond donors (Lipinski definition) is 0. The smallest absolute Gasteiger partial charge is 0.256 e. The van der Waals surface area contributed by atoms with Crippen LogP contribution in [-0.4, -0.2) is 24.0 Å². The van der Waals surface area contributed by atoms with E-state index in [1.54, 1.807) is 13.8 Å². The van der Waals surface area contributed by atoms with Gasteiger partial charge in [-0.3, -0.25) is 4.79 Å². The summed E-state index contributed by atoms with van der Waals surface area (Å²) in [5.41, 5.74) is 1.72. The van der Waals surface area contributed by atoms with E-state index >= 15 is 0 Å². The van der Waals surface area contributed by atoms with Crippen molar-refractivity contribution in [2.45, 2.75) is 39.5 Å². The van der Waals surface area contributed by atoms with E-state index in [4.69, 9.17) is 4.52 Å². The predicted molar refractivity (Wildman–Crippen MR) is 83.8 cm³/mol. The van der Waals surface area contributed by atoms with Crippen molar-refractivity contribution in [1.29, 1.82) is 0 Å². The van der Waals surface area contributed by atoms with E-state index in [2.05, 4.69) is 5.16 Å². The van der Waals surface area contributed by atoms with E-state index in [0.717, 1.165) is 22.6 Å². The summed E-state index contributed by atoms with van der Waals surface area (Å²) in [5.74, 6) is -0.582. The van der Waals surface area contributed by atoms with Gasteiger partial charge in [-0.1, -0.05) is 12.1 Å². The monoisotopic (exact) mass is 340 g/mol. The van der Waals surface area contributed by atoms with Gasteiger partial charge >= 0.3 is 0 Å². The van der Waals surface area contributed by atoms with E-state index < -0.39 is 24.7 Å². The first-order chi connectivity index (χ1) is 11.3. The molecule has 0 aliphatic rings. The predicted octanol–water partition coefficient (Wildman–Crippen LogP) is 4.22. The molecule has 2 aromatic rings. The lowest BCUT2D eigenvalue weighted by atomic mass is 9.95. The standard InChI is InChI=1S/C17H19F3N2O2/c1-10(17-11(2)21-24-12(17)3)8-16(23)22(9-15(19)20)14-6-4-13(18)5-7-14/h4-7,10,15H,8-9H2,1-3H3/t10-/m0/s1. The topological polar surface area (TPSA) is 46.3 Å². The van der Waals surface area contributed by atoms with Gasteiger partial charge in [-0.05, 0) is 44.0 Å². The molecule has 4 nitrogen and oxygen atoms in total. The molecule has 0 spiro atoms. The summed E-state index contributed by atoms with van der Waals surface area (Å²) in [6.45, 7) is 4.59. The molecule has 7 heteroatoms. The lowest BCUT2D eigenvalue weighted by Crippen LogP contribution is -2.35. The molecule has 1 amide bonds. The van der Waals surface area contributed by atoms with Gasteiger partial charge in [0.25, 0.3) is 6.43 Å². The zero-order valence-electron chi connectivity index (χ0n) is 13.7. The Labute approximate surface area is 138 Å². The molecule has 2 rings (SSSR count). The van der Waals surface area contributed by atoms with Crippen LogP contribution in [-0.2, 0) is 4.79 Å². The van der Waals surface area contributed by atoms with E-state index in [9.17, 15) is 18.0 Å². The number of rotatable bonds is 6. The summed E-state index contributed by atoms with van der Waals surface area (Å²) < 4.78 is 43.8. The van der Waals surface area contributed by atoms with Crippen LogP contribution in [0.15, 0.2) is 28.8 Å². The first-order valence-corrected chi connectivity index (χ1v) is 7.56. The van der Waals surface area contributed by atoms with Crippen molar-refractivity contribution in [3.8, 4) is 0 Å². The summed E-state index contributed by atoms with van der Waals surface area (Å²) in [7, 11) is 0. The Kier molecular flexibility index (Phi) is 5.64. The van der Waals surface area contributed by atoms with Crippen LogP contribution in [0.3, 0.4) is 0 Å². The lowest BCUT2D eigenvalue weighted by molar-refractivity contribution is -0.119. The van der Waals surface area contributed by atoms with Crippen LogP contribution >= 0.6 is 0 Å². The number of hydrogen-bond acceptors (Lipinski definition) is 3. The van der Waals surface area contributed by atoms with Crippen molar-refractivity contribution < 1.29 is 22.5 Å². The van der Waals surface area contributed by atoms with Crippen LogP contribution in [0.25, 0.3) is 0 Å². The maximum atomic E-state index is 13.0. The molecule has 0 unspecified atom stereocenters. The third kappa shape index (κ3) is 4.15. The molecule has 1 heterocycles. The quantitative estimate of drug-likeness (QED) is 0.791. The SMILES string of the molecule is Cc1noc(C)c1[C@@H](C)CC(=O)N(CC(F)F)c1ccc(F)cc1. The van der Waals surface area contributed by atoms with Crippen molar-refractivity contribution in [2.75, 3.05) is 11.4 Å². The van der Waals surface area contributed by atoms with E-state index in [1.165, 1.54) is 12.1 Å². The van der Waals surface area contributed by atoms with Gasteiger partial charge in [0.1, 0.15) is 11.6 Å². The molecule has 0 aliphatic carbocycles.